The van der Waals surface area contributed by atoms with Gasteiger partial charge in [-0.1, -0.05) is 27.4 Å². The lowest BCUT2D eigenvalue weighted by Crippen LogP contribution is -2.21. The van der Waals surface area contributed by atoms with Crippen molar-refractivity contribution in [3.8, 4) is 5.75 Å². The molecule has 0 unspecified atom stereocenters. The fourth-order valence-electron chi connectivity index (χ4n) is 3.31. The number of fused-ring (bicyclic) bond motifs is 1. The Balaban J connectivity index is 1.96. The first-order valence-electron chi connectivity index (χ1n) is 10.8. The van der Waals surface area contributed by atoms with E-state index >= 15 is 0 Å². The van der Waals surface area contributed by atoms with Crippen LogP contribution in [-0.4, -0.2) is 53.4 Å². The number of aromatic nitrogens is 3. The van der Waals surface area contributed by atoms with Crippen molar-refractivity contribution in [3.63, 3.8) is 0 Å². The average molecular weight is 448 g/mol. The molecule has 0 bridgehead atoms. The number of ether oxygens (including phenoxy) is 1. The number of nitrogens with one attached hydrogen (secondary N) is 2. The van der Waals surface area contributed by atoms with Gasteiger partial charge in [0.25, 0.3) is 0 Å². The Morgan fingerprint density at radius 1 is 1.24 bits per heavy atom. The molecule has 0 saturated heterocycles. The number of hydrogen-bond donors (Lipinski definition) is 2. The third kappa shape index (κ3) is 5.58. The van der Waals surface area contributed by atoms with Gasteiger partial charge in [0.15, 0.2) is 5.82 Å². The van der Waals surface area contributed by atoms with Crippen LogP contribution in [0.1, 0.15) is 31.9 Å². The van der Waals surface area contributed by atoms with E-state index in [1.807, 2.05) is 49.5 Å². The van der Waals surface area contributed by atoms with E-state index in [9.17, 15) is 0 Å². The second kappa shape index (κ2) is 9.85. The summed E-state index contributed by atoms with van der Waals surface area (Å²) in [6.07, 6.45) is 5.38. The summed E-state index contributed by atoms with van der Waals surface area (Å²) in [6.45, 7) is 13.1. The van der Waals surface area contributed by atoms with Crippen LogP contribution in [-0.2, 0) is 0 Å². The highest BCUT2D eigenvalue weighted by molar-refractivity contribution is 6.00. The molecule has 8 nitrogen and oxygen atoms in total. The van der Waals surface area contributed by atoms with Crippen molar-refractivity contribution in [1.82, 2.24) is 19.9 Å². The van der Waals surface area contributed by atoms with E-state index in [1.165, 1.54) is 0 Å². The summed E-state index contributed by atoms with van der Waals surface area (Å²) in [5, 5.41) is 7.68. The van der Waals surface area contributed by atoms with Gasteiger partial charge in [0.05, 0.1) is 12.8 Å². The van der Waals surface area contributed by atoms with Gasteiger partial charge in [-0.25, -0.2) is 15.0 Å². The van der Waals surface area contributed by atoms with Gasteiger partial charge < -0.3 is 20.3 Å². The highest BCUT2D eigenvalue weighted by Gasteiger charge is 2.15. The summed E-state index contributed by atoms with van der Waals surface area (Å²) in [5.41, 5.74) is 3.58. The Kier molecular flexibility index (Phi) is 7.16. The smallest absolute Gasteiger partial charge is 0.227 e. The largest absolute Gasteiger partial charge is 0.495 e. The van der Waals surface area contributed by atoms with E-state index in [2.05, 4.69) is 52.9 Å². The monoisotopic (exact) mass is 447 g/mol. The zero-order valence-corrected chi connectivity index (χ0v) is 20.5. The number of aliphatic imine (C=N–C) groups is 1. The highest BCUT2D eigenvalue weighted by Crippen LogP contribution is 2.30. The Hall–Kier alpha value is -3.68. The molecule has 0 atom stereocenters. The van der Waals surface area contributed by atoms with Gasteiger partial charge >= 0.3 is 0 Å². The minimum absolute atomic E-state index is 0.114. The molecule has 3 aromatic rings. The number of benzene rings is 1. The van der Waals surface area contributed by atoms with Crippen molar-refractivity contribution in [2.45, 2.75) is 27.7 Å². The van der Waals surface area contributed by atoms with Crippen LogP contribution >= 0.6 is 0 Å². The van der Waals surface area contributed by atoms with Crippen LogP contribution in [0.25, 0.3) is 10.9 Å². The minimum atomic E-state index is 0.114. The quantitative estimate of drug-likeness (QED) is 0.389. The van der Waals surface area contributed by atoms with Crippen LogP contribution in [0.3, 0.4) is 0 Å². The van der Waals surface area contributed by atoms with Crippen molar-refractivity contribution < 1.29 is 4.74 Å². The Bertz CT molecular complexity index is 1180. The molecule has 0 aliphatic heterocycles. The first-order valence-corrected chi connectivity index (χ1v) is 10.8. The summed E-state index contributed by atoms with van der Waals surface area (Å²) in [6, 6.07) is 5.82. The average Bonchev–Trinajstić information content (AvgIpc) is 2.79. The van der Waals surface area contributed by atoms with E-state index in [-0.39, 0.29) is 5.41 Å². The Labute approximate surface area is 195 Å². The molecule has 2 heterocycles. The second-order valence-electron chi connectivity index (χ2n) is 9.04. The van der Waals surface area contributed by atoms with Crippen molar-refractivity contribution in [2.24, 2.45) is 10.4 Å². The molecule has 0 amide bonds. The van der Waals surface area contributed by atoms with Crippen molar-refractivity contribution in [3.05, 3.63) is 54.5 Å². The molecule has 0 radical (unpaired) electrons. The van der Waals surface area contributed by atoms with Gasteiger partial charge in [-0.2, -0.15) is 0 Å². The third-order valence-electron chi connectivity index (χ3n) is 5.14. The van der Waals surface area contributed by atoms with Crippen molar-refractivity contribution in [1.29, 1.82) is 0 Å². The van der Waals surface area contributed by atoms with Crippen LogP contribution in [0.15, 0.2) is 48.4 Å². The molecule has 0 fully saturated rings. The number of aryl methyl sites for hydroxylation is 1. The summed E-state index contributed by atoms with van der Waals surface area (Å²) >= 11 is 0. The number of pyridine rings is 1. The van der Waals surface area contributed by atoms with E-state index in [4.69, 9.17) is 9.72 Å². The Morgan fingerprint density at radius 2 is 2.00 bits per heavy atom. The highest BCUT2D eigenvalue weighted by atomic mass is 16.5. The SMILES string of the molecule is C=CN(C)C(=NC)c1ccc(Nc2ncc3c(C)cnc(NCC(C)(C)C)c3n2)c(OC)c1. The number of anilines is 3. The molecular formula is C25H33N7O. The van der Waals surface area contributed by atoms with E-state index < -0.39 is 0 Å². The number of amidine groups is 1. The van der Waals surface area contributed by atoms with Gasteiger partial charge in [0, 0.05) is 44.0 Å². The zero-order chi connectivity index (χ0) is 24.2. The number of hydrogen-bond acceptors (Lipinski definition) is 7. The molecule has 2 N–H and O–H groups in total. The Morgan fingerprint density at radius 3 is 2.64 bits per heavy atom. The van der Waals surface area contributed by atoms with Crippen LogP contribution in [0.4, 0.5) is 17.5 Å². The molecule has 1 aromatic carbocycles. The van der Waals surface area contributed by atoms with Crippen molar-refractivity contribution >= 4 is 34.2 Å². The standard InChI is InChI=1S/C25H33N7O/c1-9-32(7)23(26-6)17-10-11-19(20(12-17)33-8)30-24-28-14-18-16(2)13-27-22(21(18)31-24)29-15-25(3,4)5/h9-14H,1,15H2,2-8H3,(H,27,29)(H,28,30,31). The number of nitrogens with zero attached hydrogens (tertiary/aromatic N) is 5. The lowest BCUT2D eigenvalue weighted by Gasteiger charge is -2.20. The fraction of sp³-hybridized carbons (Fsp3) is 0.360. The lowest BCUT2D eigenvalue weighted by molar-refractivity contribution is 0.416. The predicted octanol–water partition coefficient (Wildman–Crippen LogP) is 5.00. The van der Waals surface area contributed by atoms with Crippen LogP contribution < -0.4 is 15.4 Å². The normalized spacial score (nSPS) is 11.9. The topological polar surface area (TPSA) is 87.6 Å². The fourth-order valence-corrected chi connectivity index (χ4v) is 3.31. The first-order chi connectivity index (χ1) is 15.7. The predicted molar refractivity (Wildman–Crippen MR) is 137 cm³/mol. The summed E-state index contributed by atoms with van der Waals surface area (Å²) in [5.74, 6) is 2.65. The van der Waals surface area contributed by atoms with Gasteiger partial charge in [0.1, 0.15) is 17.1 Å². The van der Waals surface area contributed by atoms with E-state index in [0.717, 1.165) is 45.9 Å². The molecular weight excluding hydrogens is 414 g/mol. The van der Waals surface area contributed by atoms with Crippen LogP contribution in [0.5, 0.6) is 5.75 Å². The molecule has 174 valence electrons. The van der Waals surface area contributed by atoms with Crippen LogP contribution in [0, 0.1) is 12.3 Å². The molecule has 3 rings (SSSR count). The molecule has 8 heteroatoms. The molecule has 2 aromatic heterocycles. The molecule has 0 saturated carbocycles. The van der Waals surface area contributed by atoms with Gasteiger partial charge in [0.2, 0.25) is 5.95 Å². The van der Waals surface area contributed by atoms with E-state index in [0.29, 0.717) is 11.7 Å². The second-order valence-corrected chi connectivity index (χ2v) is 9.04. The van der Waals surface area contributed by atoms with Gasteiger partial charge in [-0.3, -0.25) is 4.99 Å². The van der Waals surface area contributed by atoms with Crippen molar-refractivity contribution in [2.75, 3.05) is 38.4 Å². The summed E-state index contributed by atoms with van der Waals surface area (Å²) < 4.78 is 5.63. The molecule has 33 heavy (non-hydrogen) atoms. The van der Waals surface area contributed by atoms with Crippen LogP contribution in [0.2, 0.25) is 0 Å². The first kappa shape index (κ1) is 24.0. The summed E-state index contributed by atoms with van der Waals surface area (Å²) in [4.78, 5) is 20.1. The zero-order valence-electron chi connectivity index (χ0n) is 20.5. The van der Waals surface area contributed by atoms with Gasteiger partial charge in [-0.05, 0) is 42.3 Å². The molecule has 0 spiro atoms. The minimum Gasteiger partial charge on any atom is -0.495 e. The maximum Gasteiger partial charge on any atom is 0.227 e. The number of methoxy groups -OCH3 is 1. The number of rotatable bonds is 7. The maximum atomic E-state index is 5.63. The molecule has 0 aliphatic rings. The molecule has 0 aliphatic carbocycles. The van der Waals surface area contributed by atoms with E-state index in [1.54, 1.807) is 20.4 Å². The van der Waals surface area contributed by atoms with Gasteiger partial charge in [-0.15, -0.1) is 0 Å². The lowest BCUT2D eigenvalue weighted by atomic mass is 9.97. The summed E-state index contributed by atoms with van der Waals surface area (Å²) in [7, 11) is 5.28. The maximum absolute atomic E-state index is 5.63. The third-order valence-corrected chi connectivity index (χ3v) is 5.14.